The predicted molar refractivity (Wildman–Crippen MR) is 72.4 cm³/mol. The molecule has 0 aliphatic carbocycles. The summed E-state index contributed by atoms with van der Waals surface area (Å²) in [6, 6.07) is 5.20. The van der Waals surface area contributed by atoms with Crippen LogP contribution in [0.3, 0.4) is 0 Å². The van der Waals surface area contributed by atoms with Gasteiger partial charge in [0.25, 0.3) is 5.56 Å². The van der Waals surface area contributed by atoms with E-state index in [-0.39, 0.29) is 5.56 Å². The number of nitrogens with two attached hydrogens (primary N) is 1. The van der Waals surface area contributed by atoms with Crippen LogP contribution < -0.4 is 11.3 Å². The lowest BCUT2D eigenvalue weighted by Crippen LogP contribution is -2.09. The van der Waals surface area contributed by atoms with E-state index in [2.05, 4.69) is 16.9 Å². The Hall–Kier alpha value is -1.49. The molecule has 2 aromatic rings. The van der Waals surface area contributed by atoms with Crippen LogP contribution in [0, 0.1) is 0 Å². The van der Waals surface area contributed by atoms with E-state index in [9.17, 15) is 4.79 Å². The SMILES string of the molecule is CCCCSc1nc2ccc(N)cc2c(=O)[nH]1. The van der Waals surface area contributed by atoms with Crippen LogP contribution in [0.2, 0.25) is 0 Å². The first-order valence-corrected chi connectivity index (χ1v) is 6.61. The number of rotatable bonds is 4. The molecule has 1 aromatic carbocycles. The van der Waals surface area contributed by atoms with E-state index in [0.717, 1.165) is 18.6 Å². The number of benzene rings is 1. The summed E-state index contributed by atoms with van der Waals surface area (Å²) >= 11 is 1.58. The van der Waals surface area contributed by atoms with E-state index in [1.54, 1.807) is 30.0 Å². The third kappa shape index (κ3) is 2.79. The average Bonchev–Trinajstić information content (AvgIpc) is 2.31. The number of unbranched alkanes of at least 4 members (excludes halogenated alkanes) is 1. The number of hydrogen-bond donors (Lipinski definition) is 2. The quantitative estimate of drug-likeness (QED) is 0.378. The largest absolute Gasteiger partial charge is 0.399 e. The molecule has 0 unspecified atom stereocenters. The number of hydrogen-bond acceptors (Lipinski definition) is 4. The van der Waals surface area contributed by atoms with E-state index < -0.39 is 0 Å². The van der Waals surface area contributed by atoms with Crippen molar-refractivity contribution >= 4 is 28.4 Å². The Morgan fingerprint density at radius 2 is 2.29 bits per heavy atom. The molecule has 3 N–H and O–H groups in total. The average molecular weight is 249 g/mol. The first-order valence-electron chi connectivity index (χ1n) is 5.63. The van der Waals surface area contributed by atoms with Crippen LogP contribution in [0.25, 0.3) is 10.9 Å². The summed E-state index contributed by atoms with van der Waals surface area (Å²) in [5.74, 6) is 0.972. The molecule has 0 saturated heterocycles. The number of anilines is 1. The molecule has 17 heavy (non-hydrogen) atoms. The number of H-pyrrole nitrogens is 1. The number of thioether (sulfide) groups is 1. The lowest BCUT2D eigenvalue weighted by molar-refractivity contribution is 0.889. The van der Waals surface area contributed by atoms with Gasteiger partial charge in [-0.25, -0.2) is 4.98 Å². The van der Waals surface area contributed by atoms with Gasteiger partial charge in [0.05, 0.1) is 10.9 Å². The van der Waals surface area contributed by atoms with Crippen molar-refractivity contribution in [2.45, 2.75) is 24.9 Å². The molecule has 0 aliphatic rings. The predicted octanol–water partition coefficient (Wildman–Crippen LogP) is 2.40. The van der Waals surface area contributed by atoms with E-state index in [0.29, 0.717) is 21.7 Å². The molecule has 0 atom stereocenters. The van der Waals surface area contributed by atoms with Crippen LogP contribution in [-0.4, -0.2) is 15.7 Å². The van der Waals surface area contributed by atoms with Gasteiger partial charge in [0.15, 0.2) is 5.16 Å². The molecule has 0 spiro atoms. The molecule has 0 saturated carbocycles. The molecule has 1 aromatic heterocycles. The highest BCUT2D eigenvalue weighted by molar-refractivity contribution is 7.99. The summed E-state index contributed by atoms with van der Waals surface area (Å²) in [5.41, 5.74) is 6.80. The maximum atomic E-state index is 11.8. The van der Waals surface area contributed by atoms with Gasteiger partial charge in [0.2, 0.25) is 0 Å². The second-order valence-corrected chi connectivity index (χ2v) is 4.93. The molecule has 1 heterocycles. The molecule has 0 amide bonds. The van der Waals surface area contributed by atoms with Crippen LogP contribution in [0.15, 0.2) is 28.2 Å². The minimum Gasteiger partial charge on any atom is -0.399 e. The Balaban J connectivity index is 2.35. The number of aromatic amines is 1. The number of fused-ring (bicyclic) bond motifs is 1. The second kappa shape index (κ2) is 5.23. The molecular formula is C12H15N3OS. The molecule has 4 nitrogen and oxygen atoms in total. The molecule has 0 bridgehead atoms. The van der Waals surface area contributed by atoms with Crippen LogP contribution in [0.5, 0.6) is 0 Å². The summed E-state index contributed by atoms with van der Waals surface area (Å²) in [7, 11) is 0. The van der Waals surface area contributed by atoms with Crippen LogP contribution in [0.1, 0.15) is 19.8 Å². The summed E-state index contributed by atoms with van der Waals surface area (Å²) < 4.78 is 0. The van der Waals surface area contributed by atoms with Crippen molar-refractivity contribution in [1.29, 1.82) is 0 Å². The maximum absolute atomic E-state index is 11.8. The Morgan fingerprint density at radius 1 is 1.47 bits per heavy atom. The zero-order valence-corrected chi connectivity index (χ0v) is 10.5. The molecule has 5 heteroatoms. The van der Waals surface area contributed by atoms with Gasteiger partial charge in [0, 0.05) is 11.4 Å². The van der Waals surface area contributed by atoms with Crippen LogP contribution in [0.4, 0.5) is 5.69 Å². The number of nitrogens with one attached hydrogen (secondary N) is 1. The van der Waals surface area contributed by atoms with Gasteiger partial charge in [-0.3, -0.25) is 4.79 Å². The highest BCUT2D eigenvalue weighted by atomic mass is 32.2. The zero-order chi connectivity index (χ0) is 12.3. The summed E-state index contributed by atoms with van der Waals surface area (Å²) in [6.45, 7) is 2.14. The third-order valence-corrected chi connectivity index (χ3v) is 3.40. The monoisotopic (exact) mass is 249 g/mol. The Labute approximate surface area is 104 Å². The van der Waals surface area contributed by atoms with E-state index in [1.165, 1.54) is 0 Å². The van der Waals surface area contributed by atoms with E-state index in [4.69, 9.17) is 5.73 Å². The molecule has 90 valence electrons. The lowest BCUT2D eigenvalue weighted by atomic mass is 10.2. The first-order chi connectivity index (χ1) is 8.20. The van der Waals surface area contributed by atoms with Gasteiger partial charge < -0.3 is 10.7 Å². The third-order valence-electron chi connectivity index (χ3n) is 2.44. The van der Waals surface area contributed by atoms with Crippen molar-refractivity contribution in [3.05, 3.63) is 28.6 Å². The fraction of sp³-hybridized carbons (Fsp3) is 0.333. The highest BCUT2D eigenvalue weighted by Crippen LogP contribution is 2.17. The van der Waals surface area contributed by atoms with Crippen molar-refractivity contribution in [1.82, 2.24) is 9.97 Å². The first kappa shape index (κ1) is 12.0. The van der Waals surface area contributed by atoms with Crippen molar-refractivity contribution < 1.29 is 0 Å². The topological polar surface area (TPSA) is 71.8 Å². The highest BCUT2D eigenvalue weighted by Gasteiger charge is 2.04. The lowest BCUT2D eigenvalue weighted by Gasteiger charge is -2.02. The fourth-order valence-corrected chi connectivity index (χ4v) is 2.47. The normalized spacial score (nSPS) is 10.9. The van der Waals surface area contributed by atoms with E-state index in [1.807, 2.05) is 0 Å². The molecule has 0 fully saturated rings. The summed E-state index contributed by atoms with van der Waals surface area (Å²) in [6.07, 6.45) is 2.26. The number of nitrogen functional groups attached to an aromatic ring is 1. The molecule has 2 rings (SSSR count). The van der Waals surface area contributed by atoms with Crippen molar-refractivity contribution in [2.24, 2.45) is 0 Å². The maximum Gasteiger partial charge on any atom is 0.259 e. The van der Waals surface area contributed by atoms with Crippen molar-refractivity contribution in [2.75, 3.05) is 11.5 Å². The summed E-state index contributed by atoms with van der Waals surface area (Å²) in [5, 5.41) is 1.23. The fourth-order valence-electron chi connectivity index (χ4n) is 1.52. The number of aromatic nitrogens is 2. The van der Waals surface area contributed by atoms with Crippen molar-refractivity contribution in [3.8, 4) is 0 Å². The van der Waals surface area contributed by atoms with E-state index >= 15 is 0 Å². The van der Waals surface area contributed by atoms with Crippen LogP contribution >= 0.6 is 11.8 Å². The minimum atomic E-state index is -0.124. The number of nitrogens with zero attached hydrogens (tertiary/aromatic N) is 1. The Morgan fingerprint density at radius 3 is 3.06 bits per heavy atom. The second-order valence-electron chi connectivity index (χ2n) is 3.85. The molecular weight excluding hydrogens is 234 g/mol. The van der Waals surface area contributed by atoms with Crippen molar-refractivity contribution in [3.63, 3.8) is 0 Å². The zero-order valence-electron chi connectivity index (χ0n) is 9.69. The van der Waals surface area contributed by atoms with Gasteiger partial charge >= 0.3 is 0 Å². The van der Waals surface area contributed by atoms with Gasteiger partial charge in [-0.2, -0.15) is 0 Å². The molecule has 0 radical (unpaired) electrons. The molecule has 0 aliphatic heterocycles. The smallest absolute Gasteiger partial charge is 0.259 e. The van der Waals surface area contributed by atoms with Gasteiger partial charge in [0.1, 0.15) is 0 Å². The minimum absolute atomic E-state index is 0.124. The van der Waals surface area contributed by atoms with Gasteiger partial charge in [-0.05, 0) is 24.6 Å². The summed E-state index contributed by atoms with van der Waals surface area (Å²) in [4.78, 5) is 19.0. The Bertz CT molecular complexity index is 579. The standard InChI is InChI=1S/C12H15N3OS/c1-2-3-6-17-12-14-10-5-4-8(13)7-9(10)11(16)15-12/h4-5,7H,2-3,6,13H2,1H3,(H,14,15,16). The van der Waals surface area contributed by atoms with Gasteiger partial charge in [-0.1, -0.05) is 25.1 Å². The van der Waals surface area contributed by atoms with Crippen LogP contribution in [-0.2, 0) is 0 Å². The van der Waals surface area contributed by atoms with Gasteiger partial charge in [-0.15, -0.1) is 0 Å². The Kier molecular flexibility index (Phi) is 3.68.